The highest BCUT2D eigenvalue weighted by atomic mass is 79.9. The van der Waals surface area contributed by atoms with Crippen LogP contribution >= 0.6 is 15.9 Å². The van der Waals surface area contributed by atoms with Crippen molar-refractivity contribution in [3.8, 4) is 0 Å². The van der Waals surface area contributed by atoms with E-state index in [1.807, 2.05) is 6.92 Å². The van der Waals surface area contributed by atoms with Crippen LogP contribution < -0.4 is 0 Å². The van der Waals surface area contributed by atoms with Gasteiger partial charge in [0.1, 0.15) is 0 Å². The lowest BCUT2D eigenvalue weighted by atomic mass is 9.61. The molecule has 2 bridgehead atoms. The van der Waals surface area contributed by atoms with E-state index in [0.717, 1.165) is 32.1 Å². The van der Waals surface area contributed by atoms with Crippen LogP contribution in [-0.4, -0.2) is 27.2 Å². The topological polar surface area (TPSA) is 29.5 Å². The summed E-state index contributed by atoms with van der Waals surface area (Å²) in [5, 5.41) is 10.3. The molecule has 2 heterocycles. The summed E-state index contributed by atoms with van der Waals surface area (Å²) in [6.45, 7) is 15.0. The summed E-state index contributed by atoms with van der Waals surface area (Å²) < 4.78 is 6.17. The summed E-state index contributed by atoms with van der Waals surface area (Å²) in [5.41, 5.74) is 2.16. The van der Waals surface area contributed by atoms with E-state index in [9.17, 15) is 5.11 Å². The minimum absolute atomic E-state index is 0.0939. The number of hydrogen-bond donors (Lipinski definition) is 1. The summed E-state index contributed by atoms with van der Waals surface area (Å²) >= 11 is 3.68. The molecule has 2 saturated heterocycles. The molecule has 4 fully saturated rings. The van der Waals surface area contributed by atoms with Crippen LogP contribution in [0.1, 0.15) is 59.3 Å². The van der Waals surface area contributed by atoms with Gasteiger partial charge in [-0.3, -0.25) is 0 Å². The molecule has 2 aliphatic carbocycles. The van der Waals surface area contributed by atoms with Crippen molar-refractivity contribution >= 4 is 15.9 Å². The highest BCUT2D eigenvalue weighted by Crippen LogP contribution is 2.54. The number of ether oxygens (including phenoxy) is 1. The zero-order valence-electron chi connectivity index (χ0n) is 14.8. The first-order valence-electron chi connectivity index (χ1n) is 8.99. The minimum Gasteiger partial charge on any atom is -0.389 e. The Bertz CT molecular complexity index is 504. The van der Waals surface area contributed by atoms with Crippen molar-refractivity contribution in [3.63, 3.8) is 0 Å². The molecule has 2 aliphatic heterocycles. The van der Waals surface area contributed by atoms with Crippen molar-refractivity contribution in [2.24, 2.45) is 17.8 Å². The van der Waals surface area contributed by atoms with E-state index in [0.29, 0.717) is 23.9 Å². The fourth-order valence-electron chi connectivity index (χ4n) is 4.93. The third-order valence-corrected chi connectivity index (χ3v) is 7.95. The quantitative estimate of drug-likeness (QED) is 0.546. The van der Waals surface area contributed by atoms with Crippen molar-refractivity contribution in [2.75, 3.05) is 0 Å². The van der Waals surface area contributed by atoms with Gasteiger partial charge in [-0.1, -0.05) is 40.2 Å². The van der Waals surface area contributed by atoms with E-state index < -0.39 is 5.60 Å². The summed E-state index contributed by atoms with van der Waals surface area (Å²) in [4.78, 5) is 0.164. The highest BCUT2D eigenvalue weighted by Gasteiger charge is 2.54. The standard InChI is InChI=1S/C20H31BrO2/c1-12(2)16-10-19(4)11-17(23-19)15(16)8-13(3)14-6-7-20(5,22)18(21)9-14/h14-18,22H,1,3,6-11H2,2,4-5H3. The van der Waals surface area contributed by atoms with Crippen LogP contribution in [0.5, 0.6) is 0 Å². The summed E-state index contributed by atoms with van der Waals surface area (Å²) in [7, 11) is 0. The Hall–Kier alpha value is -0.120. The Morgan fingerprint density at radius 2 is 1.96 bits per heavy atom. The molecule has 0 amide bonds. The predicted octanol–water partition coefficient (Wildman–Crippen LogP) is 5.01. The summed E-state index contributed by atoms with van der Waals surface area (Å²) in [5.74, 6) is 1.62. The van der Waals surface area contributed by atoms with Gasteiger partial charge in [-0.25, -0.2) is 0 Å². The average Bonchev–Trinajstić information content (AvgIpc) is 2.42. The van der Waals surface area contributed by atoms with Crippen molar-refractivity contribution < 1.29 is 9.84 Å². The fourth-order valence-corrected chi connectivity index (χ4v) is 5.61. The number of allylic oxidation sites excluding steroid dienone is 2. The molecule has 1 N–H and O–H groups in total. The van der Waals surface area contributed by atoms with Gasteiger partial charge in [0.25, 0.3) is 0 Å². The van der Waals surface area contributed by atoms with E-state index in [2.05, 4.69) is 42.9 Å². The van der Waals surface area contributed by atoms with Crippen molar-refractivity contribution in [1.29, 1.82) is 0 Å². The third-order valence-electron chi connectivity index (χ3n) is 6.59. The number of fused-ring (bicyclic) bond motifs is 2. The number of halogens is 1. The Balaban J connectivity index is 1.64. The normalized spacial score (nSPS) is 49.3. The molecule has 7 unspecified atom stereocenters. The Morgan fingerprint density at radius 3 is 2.52 bits per heavy atom. The minimum atomic E-state index is -0.583. The molecule has 3 heteroatoms. The number of aliphatic hydroxyl groups is 1. The average molecular weight is 383 g/mol. The molecule has 7 atom stereocenters. The molecule has 0 aromatic rings. The van der Waals surface area contributed by atoms with Crippen LogP contribution in [0, 0.1) is 17.8 Å². The van der Waals surface area contributed by atoms with E-state index in [4.69, 9.17) is 4.74 Å². The van der Waals surface area contributed by atoms with Crippen LogP contribution in [0.4, 0.5) is 0 Å². The van der Waals surface area contributed by atoms with E-state index in [1.165, 1.54) is 17.6 Å². The third kappa shape index (κ3) is 3.34. The number of alkyl halides is 1. The van der Waals surface area contributed by atoms with Crippen LogP contribution in [0.25, 0.3) is 0 Å². The summed E-state index contributed by atoms with van der Waals surface area (Å²) in [6.07, 6.45) is 6.61. The van der Waals surface area contributed by atoms with Gasteiger partial charge in [0.05, 0.1) is 17.3 Å². The zero-order chi connectivity index (χ0) is 17.0. The van der Waals surface area contributed by atoms with Crippen molar-refractivity contribution in [2.45, 2.75) is 81.4 Å². The second kappa shape index (κ2) is 6.00. The number of hydrogen-bond acceptors (Lipinski definition) is 2. The van der Waals surface area contributed by atoms with Crippen LogP contribution in [0.15, 0.2) is 24.3 Å². The lowest BCUT2D eigenvalue weighted by Crippen LogP contribution is -2.59. The first-order valence-corrected chi connectivity index (χ1v) is 9.90. The first kappa shape index (κ1) is 17.7. The molecule has 0 spiro atoms. The molecule has 0 aromatic heterocycles. The maximum atomic E-state index is 10.3. The van der Waals surface area contributed by atoms with Crippen LogP contribution in [0.3, 0.4) is 0 Å². The van der Waals surface area contributed by atoms with Gasteiger partial charge in [-0.2, -0.15) is 0 Å². The van der Waals surface area contributed by atoms with Crippen LogP contribution in [0.2, 0.25) is 0 Å². The van der Waals surface area contributed by atoms with Gasteiger partial charge < -0.3 is 9.84 Å². The lowest BCUT2D eigenvalue weighted by molar-refractivity contribution is -0.261. The Labute approximate surface area is 149 Å². The van der Waals surface area contributed by atoms with E-state index >= 15 is 0 Å². The SMILES string of the molecule is C=C(CC1C2CC(C)(CC1C(=C)C)O2)C1CCC(C)(O)C(Br)C1. The van der Waals surface area contributed by atoms with E-state index in [1.54, 1.807) is 0 Å². The molecular weight excluding hydrogens is 352 g/mol. The second-order valence-electron chi connectivity index (χ2n) is 8.79. The molecule has 0 radical (unpaired) electrons. The molecule has 4 aliphatic rings. The second-order valence-corrected chi connectivity index (χ2v) is 9.89. The van der Waals surface area contributed by atoms with E-state index in [-0.39, 0.29) is 10.4 Å². The maximum absolute atomic E-state index is 10.3. The molecule has 2 saturated carbocycles. The maximum Gasteiger partial charge on any atom is 0.0744 e. The molecule has 130 valence electrons. The van der Waals surface area contributed by atoms with Crippen molar-refractivity contribution in [1.82, 2.24) is 0 Å². The first-order chi connectivity index (χ1) is 10.6. The predicted molar refractivity (Wildman–Crippen MR) is 98.7 cm³/mol. The lowest BCUT2D eigenvalue weighted by Gasteiger charge is -2.58. The number of rotatable bonds is 4. The molecular formula is C20H31BrO2. The van der Waals surface area contributed by atoms with Crippen LogP contribution in [-0.2, 0) is 4.74 Å². The summed E-state index contributed by atoms with van der Waals surface area (Å²) in [6, 6.07) is 0. The van der Waals surface area contributed by atoms with Gasteiger partial charge in [0.2, 0.25) is 0 Å². The van der Waals surface area contributed by atoms with Gasteiger partial charge in [-0.15, -0.1) is 0 Å². The largest absolute Gasteiger partial charge is 0.389 e. The molecule has 23 heavy (non-hydrogen) atoms. The van der Waals surface area contributed by atoms with Crippen molar-refractivity contribution in [3.05, 3.63) is 24.3 Å². The Morgan fingerprint density at radius 1 is 1.30 bits per heavy atom. The monoisotopic (exact) mass is 382 g/mol. The molecule has 4 rings (SSSR count). The molecule has 0 aromatic carbocycles. The Kier molecular flexibility index (Phi) is 4.61. The van der Waals surface area contributed by atoms with Gasteiger partial charge >= 0.3 is 0 Å². The van der Waals surface area contributed by atoms with Gasteiger partial charge in [0, 0.05) is 11.2 Å². The zero-order valence-corrected chi connectivity index (χ0v) is 16.4. The fraction of sp³-hybridized carbons (Fsp3) is 0.800. The smallest absolute Gasteiger partial charge is 0.0744 e. The van der Waals surface area contributed by atoms with Gasteiger partial charge in [0.15, 0.2) is 0 Å². The molecule has 2 nitrogen and oxygen atoms in total. The van der Waals surface area contributed by atoms with Gasteiger partial charge in [-0.05, 0) is 70.6 Å². The highest BCUT2D eigenvalue weighted by molar-refractivity contribution is 9.09.